The molecule has 0 radical (unpaired) electrons. The fourth-order valence-corrected chi connectivity index (χ4v) is 4.74. The molecule has 7 heteroatoms. The number of benzene rings is 1. The van der Waals surface area contributed by atoms with Gasteiger partial charge in [0, 0.05) is 24.8 Å². The van der Waals surface area contributed by atoms with Crippen LogP contribution in [0.1, 0.15) is 70.7 Å². The highest BCUT2D eigenvalue weighted by molar-refractivity contribution is 7.99. The van der Waals surface area contributed by atoms with Crippen LogP contribution in [0, 0.1) is 5.92 Å². The van der Waals surface area contributed by atoms with Crippen LogP contribution in [0.25, 0.3) is 0 Å². The van der Waals surface area contributed by atoms with Crippen molar-refractivity contribution in [3.8, 4) is 5.75 Å². The lowest BCUT2D eigenvalue weighted by Gasteiger charge is -2.22. The van der Waals surface area contributed by atoms with Gasteiger partial charge in [0.05, 0.1) is 0 Å². The Balaban J connectivity index is 1.53. The number of thioether (sulfide) groups is 1. The van der Waals surface area contributed by atoms with Crippen LogP contribution in [-0.4, -0.2) is 32.5 Å². The molecule has 1 aromatic carbocycles. The van der Waals surface area contributed by atoms with Crippen LogP contribution < -0.4 is 10.1 Å². The number of ether oxygens (including phenoxy) is 1. The third kappa shape index (κ3) is 7.56. The Labute approximate surface area is 190 Å². The standard InChI is InChI=1S/C24H36N4O2S/c1-4-19-10-12-21(13-11-19)30-17-22-26-27-24(28(22)16-18(2)3)31-15-14-23(29)25-20-8-6-5-7-9-20/h10-13,18,20H,4-9,14-17H2,1-3H3,(H,25,29). The molecule has 1 aliphatic rings. The topological polar surface area (TPSA) is 69.0 Å². The maximum atomic E-state index is 12.3. The van der Waals surface area contributed by atoms with E-state index in [9.17, 15) is 4.79 Å². The van der Waals surface area contributed by atoms with Crippen molar-refractivity contribution in [2.24, 2.45) is 5.92 Å². The number of aryl methyl sites for hydroxylation is 1. The minimum atomic E-state index is 0.147. The van der Waals surface area contributed by atoms with Gasteiger partial charge in [-0.2, -0.15) is 0 Å². The van der Waals surface area contributed by atoms with Gasteiger partial charge in [0.2, 0.25) is 5.91 Å². The van der Waals surface area contributed by atoms with E-state index in [1.807, 2.05) is 12.1 Å². The Bertz CT molecular complexity index is 813. The maximum absolute atomic E-state index is 12.3. The van der Waals surface area contributed by atoms with E-state index >= 15 is 0 Å². The van der Waals surface area contributed by atoms with E-state index in [-0.39, 0.29) is 5.91 Å². The summed E-state index contributed by atoms with van der Waals surface area (Å²) in [6, 6.07) is 8.55. The van der Waals surface area contributed by atoms with Crippen LogP contribution in [-0.2, 0) is 24.4 Å². The van der Waals surface area contributed by atoms with Gasteiger partial charge in [-0.3, -0.25) is 4.79 Å². The molecule has 1 amide bonds. The van der Waals surface area contributed by atoms with Crippen LogP contribution >= 0.6 is 11.8 Å². The van der Waals surface area contributed by atoms with Gasteiger partial charge in [0.25, 0.3) is 0 Å². The van der Waals surface area contributed by atoms with Crippen molar-refractivity contribution in [3.05, 3.63) is 35.7 Å². The molecular formula is C24H36N4O2S. The second-order valence-corrected chi connectivity index (χ2v) is 9.75. The molecule has 1 aromatic heterocycles. The van der Waals surface area contributed by atoms with Gasteiger partial charge in [0.15, 0.2) is 11.0 Å². The molecule has 0 saturated heterocycles. The first-order chi connectivity index (χ1) is 15.0. The molecule has 6 nitrogen and oxygen atoms in total. The third-order valence-electron chi connectivity index (χ3n) is 5.57. The van der Waals surface area contributed by atoms with Gasteiger partial charge in [-0.05, 0) is 42.9 Å². The average Bonchev–Trinajstić information content (AvgIpc) is 3.14. The highest BCUT2D eigenvalue weighted by atomic mass is 32.2. The van der Waals surface area contributed by atoms with Crippen molar-refractivity contribution in [1.29, 1.82) is 0 Å². The van der Waals surface area contributed by atoms with Gasteiger partial charge in [-0.1, -0.05) is 63.9 Å². The van der Waals surface area contributed by atoms with E-state index in [0.717, 1.165) is 42.5 Å². The number of carbonyl (C=O) groups excluding carboxylic acids is 1. The first-order valence-corrected chi connectivity index (χ1v) is 12.6. The van der Waals surface area contributed by atoms with Gasteiger partial charge >= 0.3 is 0 Å². The minimum absolute atomic E-state index is 0.147. The zero-order valence-electron chi connectivity index (χ0n) is 19.1. The third-order valence-corrected chi connectivity index (χ3v) is 6.54. The van der Waals surface area contributed by atoms with Gasteiger partial charge in [0.1, 0.15) is 12.4 Å². The SMILES string of the molecule is CCc1ccc(OCc2nnc(SCCC(=O)NC3CCCCC3)n2CC(C)C)cc1. The zero-order chi connectivity index (χ0) is 22.1. The molecule has 3 rings (SSSR count). The highest BCUT2D eigenvalue weighted by Crippen LogP contribution is 2.22. The zero-order valence-corrected chi connectivity index (χ0v) is 19.9. The lowest BCUT2D eigenvalue weighted by molar-refractivity contribution is -0.121. The number of aromatic nitrogens is 3. The van der Waals surface area contributed by atoms with E-state index < -0.39 is 0 Å². The Hall–Kier alpha value is -2.02. The van der Waals surface area contributed by atoms with E-state index in [2.05, 4.69) is 53.0 Å². The molecule has 0 spiro atoms. The lowest BCUT2D eigenvalue weighted by atomic mass is 9.95. The number of rotatable bonds is 11. The number of carbonyl (C=O) groups is 1. The predicted molar refractivity (Wildman–Crippen MR) is 125 cm³/mol. The monoisotopic (exact) mass is 444 g/mol. The number of hydrogen-bond donors (Lipinski definition) is 1. The molecule has 0 unspecified atom stereocenters. The number of amides is 1. The first-order valence-electron chi connectivity index (χ1n) is 11.6. The molecule has 0 aliphatic heterocycles. The molecular weight excluding hydrogens is 408 g/mol. The van der Waals surface area contributed by atoms with Gasteiger partial charge in [-0.25, -0.2) is 0 Å². The number of nitrogens with zero attached hydrogens (tertiary/aromatic N) is 3. The summed E-state index contributed by atoms with van der Waals surface area (Å²) in [4.78, 5) is 12.3. The fraction of sp³-hybridized carbons (Fsp3) is 0.625. The molecule has 31 heavy (non-hydrogen) atoms. The van der Waals surface area contributed by atoms with E-state index in [4.69, 9.17) is 4.74 Å². The van der Waals surface area contributed by atoms with E-state index in [0.29, 0.717) is 30.7 Å². The summed E-state index contributed by atoms with van der Waals surface area (Å²) in [5.74, 6) is 2.97. The lowest BCUT2D eigenvalue weighted by Crippen LogP contribution is -2.36. The van der Waals surface area contributed by atoms with Crippen LogP contribution in [0.5, 0.6) is 5.75 Å². The van der Waals surface area contributed by atoms with Crippen molar-refractivity contribution in [3.63, 3.8) is 0 Å². The molecule has 170 valence electrons. The van der Waals surface area contributed by atoms with Crippen molar-refractivity contribution in [1.82, 2.24) is 20.1 Å². The van der Waals surface area contributed by atoms with Crippen molar-refractivity contribution < 1.29 is 9.53 Å². The van der Waals surface area contributed by atoms with Crippen LogP contribution in [0.15, 0.2) is 29.4 Å². The van der Waals surface area contributed by atoms with E-state index in [1.165, 1.54) is 24.8 Å². The molecule has 0 bridgehead atoms. The Kier molecular flexibility index (Phi) is 9.25. The van der Waals surface area contributed by atoms with Crippen LogP contribution in [0.2, 0.25) is 0 Å². The summed E-state index contributed by atoms with van der Waals surface area (Å²) in [6.07, 6.45) is 7.51. The summed E-state index contributed by atoms with van der Waals surface area (Å²) in [5.41, 5.74) is 1.29. The molecule has 0 atom stereocenters. The van der Waals surface area contributed by atoms with Crippen molar-refractivity contribution in [2.45, 2.75) is 90.1 Å². The molecule has 1 N–H and O–H groups in total. The second-order valence-electron chi connectivity index (χ2n) is 8.69. The molecule has 1 fully saturated rings. The first kappa shape index (κ1) is 23.6. The Morgan fingerprint density at radius 3 is 2.61 bits per heavy atom. The van der Waals surface area contributed by atoms with Crippen LogP contribution in [0.4, 0.5) is 0 Å². The van der Waals surface area contributed by atoms with Gasteiger partial charge in [-0.15, -0.1) is 10.2 Å². The van der Waals surface area contributed by atoms with Crippen LogP contribution in [0.3, 0.4) is 0 Å². The summed E-state index contributed by atoms with van der Waals surface area (Å²) >= 11 is 1.60. The van der Waals surface area contributed by atoms with Crippen molar-refractivity contribution in [2.75, 3.05) is 5.75 Å². The summed E-state index contributed by atoms with van der Waals surface area (Å²) in [7, 11) is 0. The van der Waals surface area contributed by atoms with E-state index in [1.54, 1.807) is 11.8 Å². The van der Waals surface area contributed by atoms with Crippen molar-refractivity contribution >= 4 is 17.7 Å². The molecule has 2 aromatic rings. The molecule has 1 heterocycles. The minimum Gasteiger partial charge on any atom is -0.486 e. The normalized spacial score (nSPS) is 14.7. The predicted octanol–water partition coefficient (Wildman–Crippen LogP) is 5.01. The average molecular weight is 445 g/mol. The smallest absolute Gasteiger partial charge is 0.221 e. The number of nitrogens with one attached hydrogen (secondary N) is 1. The van der Waals surface area contributed by atoms with Gasteiger partial charge < -0.3 is 14.6 Å². The summed E-state index contributed by atoms with van der Waals surface area (Å²) in [5, 5.41) is 12.8. The highest BCUT2D eigenvalue weighted by Gasteiger charge is 2.17. The summed E-state index contributed by atoms with van der Waals surface area (Å²) < 4.78 is 8.09. The molecule has 1 aliphatic carbocycles. The fourth-order valence-electron chi connectivity index (χ4n) is 3.83. The number of hydrogen-bond acceptors (Lipinski definition) is 5. The Morgan fingerprint density at radius 1 is 1.19 bits per heavy atom. The Morgan fingerprint density at radius 2 is 1.94 bits per heavy atom. The largest absolute Gasteiger partial charge is 0.486 e. The quantitative estimate of drug-likeness (QED) is 0.494. The maximum Gasteiger partial charge on any atom is 0.221 e. The second kappa shape index (κ2) is 12.1. The molecule has 1 saturated carbocycles. The summed E-state index contributed by atoms with van der Waals surface area (Å²) in [6.45, 7) is 7.72.